The maximum Gasteiger partial charge on any atom is 0.256 e. The minimum absolute atomic E-state index is 0.0825. The van der Waals surface area contributed by atoms with Gasteiger partial charge < -0.3 is 10.3 Å². The van der Waals surface area contributed by atoms with Gasteiger partial charge in [-0.25, -0.2) is 8.78 Å². The first-order valence-electron chi connectivity index (χ1n) is 6.08. The summed E-state index contributed by atoms with van der Waals surface area (Å²) in [7, 11) is 0. The molecule has 1 amide bonds. The zero-order valence-electron chi connectivity index (χ0n) is 10.6. The smallest absolute Gasteiger partial charge is 0.256 e. The van der Waals surface area contributed by atoms with Gasteiger partial charge in [-0.1, -0.05) is 6.07 Å². The van der Waals surface area contributed by atoms with Gasteiger partial charge in [-0.15, -0.1) is 0 Å². The summed E-state index contributed by atoms with van der Waals surface area (Å²) in [5, 5.41) is 3.18. The summed E-state index contributed by atoms with van der Waals surface area (Å²) in [5.74, 6) is -2.01. The van der Waals surface area contributed by atoms with Crippen molar-refractivity contribution in [1.29, 1.82) is 0 Å². The van der Waals surface area contributed by atoms with Gasteiger partial charge in [0.05, 0.1) is 10.2 Å². The molecule has 0 spiro atoms. The van der Waals surface area contributed by atoms with Crippen molar-refractivity contribution in [3.63, 3.8) is 0 Å². The second kappa shape index (κ2) is 5.29. The van der Waals surface area contributed by atoms with Gasteiger partial charge in [0.25, 0.3) is 5.91 Å². The predicted molar refractivity (Wildman–Crippen MR) is 80.3 cm³/mol. The van der Waals surface area contributed by atoms with Gasteiger partial charge in [-0.3, -0.25) is 4.79 Å². The van der Waals surface area contributed by atoms with Crippen molar-refractivity contribution in [3.05, 3.63) is 64.3 Å². The van der Waals surface area contributed by atoms with Gasteiger partial charge in [0.15, 0.2) is 0 Å². The van der Waals surface area contributed by atoms with E-state index in [1.165, 1.54) is 6.07 Å². The van der Waals surface area contributed by atoms with E-state index in [0.717, 1.165) is 17.0 Å². The van der Waals surface area contributed by atoms with Crippen molar-refractivity contribution in [3.8, 4) is 0 Å². The Morgan fingerprint density at radius 1 is 1.14 bits per heavy atom. The van der Waals surface area contributed by atoms with Crippen LogP contribution in [0.15, 0.2) is 47.1 Å². The molecule has 0 aliphatic carbocycles. The molecular formula is C15H9BrF2N2O. The summed E-state index contributed by atoms with van der Waals surface area (Å²) >= 11 is 2.96. The van der Waals surface area contributed by atoms with Gasteiger partial charge in [0, 0.05) is 28.7 Å². The Morgan fingerprint density at radius 2 is 1.95 bits per heavy atom. The fourth-order valence-corrected chi connectivity index (χ4v) is 2.43. The summed E-state index contributed by atoms with van der Waals surface area (Å²) in [6.45, 7) is 0. The van der Waals surface area contributed by atoms with E-state index in [1.54, 1.807) is 24.4 Å². The van der Waals surface area contributed by atoms with E-state index in [0.29, 0.717) is 5.56 Å². The number of rotatable bonds is 2. The monoisotopic (exact) mass is 350 g/mol. The molecule has 2 N–H and O–H groups in total. The van der Waals surface area contributed by atoms with Crippen LogP contribution in [0, 0.1) is 11.6 Å². The Hall–Kier alpha value is -2.21. The molecule has 1 heterocycles. The van der Waals surface area contributed by atoms with E-state index < -0.39 is 17.5 Å². The third-order valence-corrected chi connectivity index (χ3v) is 3.71. The third kappa shape index (κ3) is 2.54. The van der Waals surface area contributed by atoms with Crippen molar-refractivity contribution in [2.75, 3.05) is 5.32 Å². The largest absolute Gasteiger partial charge is 0.361 e. The minimum atomic E-state index is -0.828. The SMILES string of the molecule is O=C(Nc1cc(Br)c(F)cc1F)c1cccc2[nH]ccc12. The summed E-state index contributed by atoms with van der Waals surface area (Å²) < 4.78 is 26.9. The van der Waals surface area contributed by atoms with E-state index in [-0.39, 0.29) is 10.2 Å². The van der Waals surface area contributed by atoms with Gasteiger partial charge in [-0.2, -0.15) is 0 Å². The minimum Gasteiger partial charge on any atom is -0.361 e. The van der Waals surface area contributed by atoms with Crippen LogP contribution in [0.1, 0.15) is 10.4 Å². The standard InChI is InChI=1S/C15H9BrF2N2O/c16-10-6-14(12(18)7-11(10)17)20-15(21)9-2-1-3-13-8(9)4-5-19-13/h1-7,19H,(H,20,21). The molecule has 0 aliphatic rings. The number of hydrogen-bond acceptors (Lipinski definition) is 1. The second-order valence-corrected chi connectivity index (χ2v) is 5.30. The maximum atomic E-state index is 13.7. The molecule has 21 heavy (non-hydrogen) atoms. The van der Waals surface area contributed by atoms with Gasteiger partial charge in [-0.05, 0) is 40.2 Å². The Kier molecular flexibility index (Phi) is 3.47. The lowest BCUT2D eigenvalue weighted by molar-refractivity contribution is 0.102. The highest BCUT2D eigenvalue weighted by Crippen LogP contribution is 2.25. The first-order chi connectivity index (χ1) is 10.1. The zero-order valence-corrected chi connectivity index (χ0v) is 12.2. The number of H-pyrrole nitrogens is 1. The van der Waals surface area contributed by atoms with E-state index in [1.807, 2.05) is 6.07 Å². The number of amides is 1. The molecule has 0 unspecified atom stereocenters. The summed E-state index contributed by atoms with van der Waals surface area (Å²) in [4.78, 5) is 15.3. The number of carbonyl (C=O) groups is 1. The lowest BCUT2D eigenvalue weighted by Gasteiger charge is -2.08. The van der Waals surface area contributed by atoms with Crippen LogP contribution < -0.4 is 5.32 Å². The number of fused-ring (bicyclic) bond motifs is 1. The summed E-state index contributed by atoms with van der Waals surface area (Å²) in [6.07, 6.45) is 1.72. The number of nitrogens with one attached hydrogen (secondary N) is 2. The van der Waals surface area contributed by atoms with Gasteiger partial charge in [0.1, 0.15) is 11.6 Å². The fraction of sp³-hybridized carbons (Fsp3) is 0. The molecule has 0 saturated heterocycles. The number of anilines is 1. The fourth-order valence-electron chi connectivity index (χ4n) is 2.09. The average Bonchev–Trinajstić information content (AvgIpc) is 2.92. The van der Waals surface area contributed by atoms with Crippen LogP contribution in [0.5, 0.6) is 0 Å². The topological polar surface area (TPSA) is 44.9 Å². The predicted octanol–water partition coefficient (Wildman–Crippen LogP) is 4.46. The molecule has 0 bridgehead atoms. The maximum absolute atomic E-state index is 13.7. The van der Waals surface area contributed by atoms with E-state index in [9.17, 15) is 13.6 Å². The van der Waals surface area contributed by atoms with Crippen LogP contribution in [0.25, 0.3) is 10.9 Å². The normalized spacial score (nSPS) is 10.8. The molecular weight excluding hydrogens is 342 g/mol. The van der Waals surface area contributed by atoms with Gasteiger partial charge in [0.2, 0.25) is 0 Å². The van der Waals surface area contributed by atoms with Crippen LogP contribution in [-0.4, -0.2) is 10.9 Å². The highest BCUT2D eigenvalue weighted by molar-refractivity contribution is 9.10. The molecule has 0 saturated carbocycles. The zero-order chi connectivity index (χ0) is 15.0. The summed E-state index contributed by atoms with van der Waals surface area (Å²) in [6, 6.07) is 8.88. The molecule has 1 aromatic heterocycles. The van der Waals surface area contributed by atoms with E-state index in [2.05, 4.69) is 26.2 Å². The van der Waals surface area contributed by atoms with Crippen molar-refractivity contribution in [1.82, 2.24) is 4.98 Å². The van der Waals surface area contributed by atoms with Crippen molar-refractivity contribution >= 4 is 38.4 Å². The van der Waals surface area contributed by atoms with Crippen LogP contribution in [0.3, 0.4) is 0 Å². The Balaban J connectivity index is 1.97. The van der Waals surface area contributed by atoms with Crippen molar-refractivity contribution in [2.45, 2.75) is 0 Å². The molecule has 0 radical (unpaired) electrons. The Morgan fingerprint density at radius 3 is 2.76 bits per heavy atom. The molecule has 106 valence electrons. The number of aromatic amines is 1. The second-order valence-electron chi connectivity index (χ2n) is 4.44. The molecule has 6 heteroatoms. The quantitative estimate of drug-likeness (QED) is 0.658. The van der Waals surface area contributed by atoms with Crippen LogP contribution in [0.4, 0.5) is 14.5 Å². The van der Waals surface area contributed by atoms with Gasteiger partial charge >= 0.3 is 0 Å². The molecule has 0 atom stereocenters. The number of aromatic nitrogens is 1. The van der Waals surface area contributed by atoms with E-state index in [4.69, 9.17) is 0 Å². The molecule has 0 aliphatic heterocycles. The highest BCUT2D eigenvalue weighted by atomic mass is 79.9. The Labute approximate surface area is 127 Å². The first kappa shape index (κ1) is 13.8. The molecule has 3 aromatic rings. The molecule has 3 rings (SSSR count). The van der Waals surface area contributed by atoms with Crippen molar-refractivity contribution in [2.24, 2.45) is 0 Å². The van der Waals surface area contributed by atoms with Crippen LogP contribution >= 0.6 is 15.9 Å². The third-order valence-electron chi connectivity index (χ3n) is 3.10. The molecule has 2 aromatic carbocycles. The number of carbonyl (C=O) groups excluding carboxylic acids is 1. The molecule has 0 fully saturated rings. The molecule has 3 nitrogen and oxygen atoms in total. The van der Waals surface area contributed by atoms with Crippen LogP contribution in [-0.2, 0) is 0 Å². The first-order valence-corrected chi connectivity index (χ1v) is 6.87. The number of hydrogen-bond donors (Lipinski definition) is 2. The lowest BCUT2D eigenvalue weighted by atomic mass is 10.1. The number of benzene rings is 2. The highest BCUT2D eigenvalue weighted by Gasteiger charge is 2.14. The lowest BCUT2D eigenvalue weighted by Crippen LogP contribution is -2.13. The average molecular weight is 351 g/mol. The Bertz CT molecular complexity index is 845. The van der Waals surface area contributed by atoms with Crippen LogP contribution in [0.2, 0.25) is 0 Å². The van der Waals surface area contributed by atoms with E-state index >= 15 is 0 Å². The van der Waals surface area contributed by atoms with Crippen molar-refractivity contribution < 1.29 is 13.6 Å². The number of halogens is 3. The summed E-state index contributed by atoms with van der Waals surface area (Å²) in [5.41, 5.74) is 1.14.